The maximum Gasteiger partial charge on any atom is 0.330 e. The Hall–Kier alpha value is -1.09. The zero-order chi connectivity index (χ0) is 21.1. The average Bonchev–Trinajstić information content (AvgIpc) is 2.52. The molecule has 188 valence electrons. The lowest BCUT2D eigenvalue weighted by Gasteiger charge is -2.37. The van der Waals surface area contributed by atoms with Gasteiger partial charge >= 0.3 is 37.6 Å². The third kappa shape index (κ3) is 21.9. The van der Waals surface area contributed by atoms with Crippen LogP contribution in [0.2, 0.25) is 39.3 Å². The molecule has 8 nitrogen and oxygen atoms in total. The minimum atomic E-state index is -2.53. The summed E-state index contributed by atoms with van der Waals surface area (Å²) >= 11 is 0. The van der Waals surface area contributed by atoms with Crippen molar-refractivity contribution in [2.24, 2.45) is 0 Å². The van der Waals surface area contributed by atoms with Gasteiger partial charge in [0.05, 0.1) is 13.2 Å². The molecule has 0 aromatic rings. The zero-order valence-corrected chi connectivity index (χ0v) is 20.2. The van der Waals surface area contributed by atoms with Gasteiger partial charge in [0.2, 0.25) is 0 Å². The standard InChI is InChI=1S/C16H32O8Si3.4CH4/c1-9-15(17)19-11-13-21-25(3,4)23-27(7,8)24-26(5,6)22-14-12-20-16(18)10-2;;;;/h9-10H,1-2,11-14H2,3-8H3;4*1H4. The second-order valence-corrected chi connectivity index (χ2v) is 17.5. The molecule has 0 bridgehead atoms. The molecule has 0 saturated carbocycles. The molecule has 0 radical (unpaired) electrons. The minimum Gasteiger partial charge on any atom is -0.460 e. The average molecular weight is 501 g/mol. The number of esters is 2. The number of hydrogen-bond acceptors (Lipinski definition) is 8. The number of carbonyl (C=O) groups is 2. The quantitative estimate of drug-likeness (QED) is 0.140. The van der Waals surface area contributed by atoms with E-state index in [0.717, 1.165) is 12.2 Å². The lowest BCUT2D eigenvalue weighted by atomic mass is 10.6. The fraction of sp³-hybridized carbons (Fsp3) is 0.700. The van der Waals surface area contributed by atoms with Crippen molar-refractivity contribution in [3.05, 3.63) is 25.3 Å². The molecule has 31 heavy (non-hydrogen) atoms. The van der Waals surface area contributed by atoms with Gasteiger partial charge in [-0.25, -0.2) is 9.59 Å². The Bertz CT molecular complexity index is 479. The largest absolute Gasteiger partial charge is 0.460 e. The summed E-state index contributed by atoms with van der Waals surface area (Å²) in [5, 5.41) is 0. The van der Waals surface area contributed by atoms with E-state index in [2.05, 4.69) is 13.2 Å². The molecule has 0 aromatic carbocycles. The first kappa shape index (κ1) is 40.3. The van der Waals surface area contributed by atoms with Crippen LogP contribution in [0.3, 0.4) is 0 Å². The van der Waals surface area contributed by atoms with Gasteiger partial charge < -0.3 is 26.6 Å². The highest BCUT2D eigenvalue weighted by Crippen LogP contribution is 2.21. The Labute approximate surface area is 194 Å². The maximum atomic E-state index is 11.0. The highest BCUT2D eigenvalue weighted by atomic mass is 28.5. The molecule has 0 fully saturated rings. The van der Waals surface area contributed by atoms with Crippen molar-refractivity contribution < 1.29 is 36.1 Å². The molecule has 0 heterocycles. The summed E-state index contributed by atoms with van der Waals surface area (Å²) in [7, 11) is -7.47. The summed E-state index contributed by atoms with van der Waals surface area (Å²) in [6.07, 6.45) is 2.21. The molecule has 0 unspecified atom stereocenters. The summed E-state index contributed by atoms with van der Waals surface area (Å²) in [5.41, 5.74) is 0. The Morgan fingerprint density at radius 1 is 0.613 bits per heavy atom. The Balaban J connectivity index is -0.000000563. The molecule has 0 aliphatic carbocycles. The van der Waals surface area contributed by atoms with Crippen molar-refractivity contribution in [2.75, 3.05) is 26.4 Å². The van der Waals surface area contributed by atoms with E-state index in [9.17, 15) is 9.59 Å². The van der Waals surface area contributed by atoms with Gasteiger partial charge in [0, 0.05) is 12.2 Å². The molecule has 0 aromatic heterocycles. The summed E-state index contributed by atoms with van der Waals surface area (Å²) < 4.78 is 33.7. The van der Waals surface area contributed by atoms with Gasteiger partial charge in [-0.2, -0.15) is 0 Å². The van der Waals surface area contributed by atoms with E-state index >= 15 is 0 Å². The second kappa shape index (κ2) is 18.5. The molecule has 0 aliphatic heterocycles. The lowest BCUT2D eigenvalue weighted by Crippen LogP contribution is -2.54. The SMILES string of the molecule is C.C.C.C.C=CC(=O)OCCO[Si](C)(C)O[Si](C)(C)O[Si](C)(C)OCCOC(=O)C=C. The fourth-order valence-electron chi connectivity index (χ4n) is 2.24. The Morgan fingerprint density at radius 3 is 1.16 bits per heavy atom. The van der Waals surface area contributed by atoms with Gasteiger partial charge in [0.25, 0.3) is 0 Å². The number of hydrogen-bond donors (Lipinski definition) is 0. The Kier molecular flexibility index (Phi) is 24.0. The summed E-state index contributed by atoms with van der Waals surface area (Å²) in [4.78, 5) is 22.0. The van der Waals surface area contributed by atoms with Crippen LogP contribution in [0.25, 0.3) is 0 Å². The fourth-order valence-corrected chi connectivity index (χ4v) is 13.9. The molecule has 11 heteroatoms. The summed E-state index contributed by atoms with van der Waals surface area (Å²) in [6, 6.07) is 0. The molecule has 0 aliphatic rings. The van der Waals surface area contributed by atoms with Gasteiger partial charge in [-0.05, 0) is 39.3 Å². The van der Waals surface area contributed by atoms with Crippen molar-refractivity contribution in [3.8, 4) is 0 Å². The van der Waals surface area contributed by atoms with Crippen LogP contribution >= 0.6 is 0 Å². The highest BCUT2D eigenvalue weighted by molar-refractivity contribution is 6.84. The molecule has 0 atom stereocenters. The molecule has 0 rings (SSSR count). The van der Waals surface area contributed by atoms with Crippen molar-refractivity contribution in [2.45, 2.75) is 69.0 Å². The molecule has 0 N–H and O–H groups in total. The molecular formula is C20H48O8Si3. The van der Waals surface area contributed by atoms with Gasteiger partial charge in [-0.15, -0.1) is 0 Å². The molecular weight excluding hydrogens is 452 g/mol. The first-order valence-electron chi connectivity index (χ1n) is 8.59. The van der Waals surface area contributed by atoms with E-state index in [1.54, 1.807) is 0 Å². The number of rotatable bonds is 14. The lowest BCUT2D eigenvalue weighted by molar-refractivity contribution is -0.139. The highest BCUT2D eigenvalue weighted by Gasteiger charge is 2.41. The first-order valence-corrected chi connectivity index (χ1v) is 17.0. The monoisotopic (exact) mass is 500 g/mol. The normalized spacial score (nSPS) is 10.8. The van der Waals surface area contributed by atoms with Gasteiger partial charge in [-0.1, -0.05) is 42.9 Å². The predicted octanol–water partition coefficient (Wildman–Crippen LogP) is 5.16. The zero-order valence-electron chi connectivity index (χ0n) is 17.2. The number of carbonyl (C=O) groups excluding carboxylic acids is 2. The maximum absolute atomic E-state index is 11.0. The smallest absolute Gasteiger partial charge is 0.330 e. The van der Waals surface area contributed by atoms with Crippen LogP contribution in [-0.2, 0) is 36.1 Å². The third-order valence-electron chi connectivity index (χ3n) is 2.87. The minimum absolute atomic E-state index is 0. The first-order chi connectivity index (χ1) is 12.3. The molecule has 0 saturated heterocycles. The topological polar surface area (TPSA) is 89.5 Å². The van der Waals surface area contributed by atoms with Crippen LogP contribution in [0.5, 0.6) is 0 Å². The van der Waals surface area contributed by atoms with Crippen LogP contribution in [0.4, 0.5) is 0 Å². The van der Waals surface area contributed by atoms with Crippen LogP contribution in [0.15, 0.2) is 25.3 Å². The Morgan fingerprint density at radius 2 is 0.903 bits per heavy atom. The van der Waals surface area contributed by atoms with E-state index in [0.29, 0.717) is 0 Å². The van der Waals surface area contributed by atoms with Crippen LogP contribution in [0.1, 0.15) is 29.7 Å². The predicted molar refractivity (Wildman–Crippen MR) is 136 cm³/mol. The van der Waals surface area contributed by atoms with E-state index < -0.39 is 37.6 Å². The van der Waals surface area contributed by atoms with Crippen molar-refractivity contribution >= 4 is 37.6 Å². The van der Waals surface area contributed by atoms with E-state index in [1.165, 1.54) is 0 Å². The van der Waals surface area contributed by atoms with Gasteiger partial charge in [0.15, 0.2) is 0 Å². The van der Waals surface area contributed by atoms with E-state index in [-0.39, 0.29) is 56.1 Å². The third-order valence-corrected chi connectivity index (χ3v) is 12.5. The van der Waals surface area contributed by atoms with Crippen molar-refractivity contribution in [3.63, 3.8) is 0 Å². The summed E-state index contributed by atoms with van der Waals surface area (Å²) in [6.45, 7) is 18.9. The van der Waals surface area contributed by atoms with E-state index in [4.69, 9.17) is 26.6 Å². The van der Waals surface area contributed by atoms with Crippen molar-refractivity contribution in [1.29, 1.82) is 0 Å². The van der Waals surface area contributed by atoms with Crippen LogP contribution < -0.4 is 0 Å². The molecule has 0 amide bonds. The summed E-state index contributed by atoms with van der Waals surface area (Å²) in [5.74, 6) is -0.971. The van der Waals surface area contributed by atoms with Crippen LogP contribution in [-0.4, -0.2) is 64.0 Å². The number of ether oxygens (including phenoxy) is 2. The van der Waals surface area contributed by atoms with Crippen molar-refractivity contribution in [1.82, 2.24) is 0 Å². The van der Waals surface area contributed by atoms with Crippen LogP contribution in [0, 0.1) is 0 Å². The van der Waals surface area contributed by atoms with Gasteiger partial charge in [-0.3, -0.25) is 0 Å². The van der Waals surface area contributed by atoms with Gasteiger partial charge in [0.1, 0.15) is 13.2 Å². The van der Waals surface area contributed by atoms with E-state index in [1.807, 2.05) is 39.3 Å². The molecule has 0 spiro atoms. The second-order valence-electron chi connectivity index (χ2n) is 6.84.